The average molecular weight is 238 g/mol. The molecule has 0 spiro atoms. The number of carbonyl (C=O) groups is 1. The van der Waals surface area contributed by atoms with E-state index in [1.165, 1.54) is 0 Å². The highest BCUT2D eigenvalue weighted by atomic mass is 16.5. The minimum Gasteiger partial charge on any atom is -0.381 e. The molecular weight excluding hydrogens is 216 g/mol. The number of nitriles is 1. The highest BCUT2D eigenvalue weighted by molar-refractivity contribution is 5.79. The fraction of sp³-hybridized carbons (Fsp3) is 0.846. The van der Waals surface area contributed by atoms with Crippen LogP contribution in [0, 0.1) is 23.2 Å². The van der Waals surface area contributed by atoms with Gasteiger partial charge in [-0.1, -0.05) is 13.8 Å². The fourth-order valence-corrected chi connectivity index (χ4v) is 2.12. The van der Waals surface area contributed by atoms with Crippen LogP contribution in [-0.2, 0) is 9.53 Å². The molecule has 0 bridgehead atoms. The molecule has 1 heterocycles. The Morgan fingerprint density at radius 1 is 1.47 bits per heavy atom. The summed E-state index contributed by atoms with van der Waals surface area (Å²) >= 11 is 0. The van der Waals surface area contributed by atoms with Crippen molar-refractivity contribution >= 4 is 5.91 Å². The summed E-state index contributed by atoms with van der Waals surface area (Å²) in [4.78, 5) is 14.2. The molecule has 1 rings (SSSR count). The first kappa shape index (κ1) is 14.0. The molecule has 0 N–H and O–H groups in total. The molecule has 4 nitrogen and oxygen atoms in total. The second kappa shape index (κ2) is 7.29. The van der Waals surface area contributed by atoms with Crippen molar-refractivity contribution in [2.24, 2.45) is 11.8 Å². The van der Waals surface area contributed by atoms with Crippen molar-refractivity contribution in [1.29, 1.82) is 5.26 Å². The zero-order valence-electron chi connectivity index (χ0n) is 10.8. The van der Waals surface area contributed by atoms with Crippen molar-refractivity contribution in [3.8, 4) is 6.07 Å². The van der Waals surface area contributed by atoms with Gasteiger partial charge in [-0.2, -0.15) is 5.26 Å². The van der Waals surface area contributed by atoms with E-state index in [2.05, 4.69) is 19.9 Å². The first-order valence-electron chi connectivity index (χ1n) is 6.38. The molecule has 4 heteroatoms. The molecule has 0 aromatic heterocycles. The van der Waals surface area contributed by atoms with Crippen LogP contribution in [0.4, 0.5) is 0 Å². The Bertz CT molecular complexity index is 278. The molecule has 0 saturated carbocycles. The lowest BCUT2D eigenvalue weighted by Gasteiger charge is -2.30. The Balaban J connectivity index is 2.54. The van der Waals surface area contributed by atoms with E-state index in [0.29, 0.717) is 32.1 Å². The molecule has 1 aliphatic heterocycles. The second-order valence-corrected chi connectivity index (χ2v) is 4.97. The van der Waals surface area contributed by atoms with Gasteiger partial charge in [0.25, 0.3) is 0 Å². The van der Waals surface area contributed by atoms with Crippen LogP contribution in [0.2, 0.25) is 0 Å². The van der Waals surface area contributed by atoms with Crippen molar-refractivity contribution < 1.29 is 9.53 Å². The molecule has 17 heavy (non-hydrogen) atoms. The topological polar surface area (TPSA) is 53.3 Å². The van der Waals surface area contributed by atoms with Crippen LogP contribution in [0.15, 0.2) is 0 Å². The summed E-state index contributed by atoms with van der Waals surface area (Å²) in [6.45, 7) is 6.87. The Kier molecular flexibility index (Phi) is 5.99. The highest BCUT2D eigenvalue weighted by Crippen LogP contribution is 2.18. The van der Waals surface area contributed by atoms with Crippen LogP contribution in [0.5, 0.6) is 0 Å². The predicted octanol–water partition coefficient (Wildman–Crippen LogP) is 1.81. The maximum Gasteiger partial charge on any atom is 0.225 e. The molecule has 1 saturated heterocycles. The normalized spacial score (nSPS) is 16.8. The molecule has 0 aromatic rings. The molecule has 96 valence electrons. The van der Waals surface area contributed by atoms with E-state index >= 15 is 0 Å². The summed E-state index contributed by atoms with van der Waals surface area (Å²) in [7, 11) is 0. The number of nitrogens with zero attached hydrogens (tertiary/aromatic N) is 2. The summed E-state index contributed by atoms with van der Waals surface area (Å²) in [5.41, 5.74) is 0. The zero-order chi connectivity index (χ0) is 12.7. The lowest BCUT2D eigenvalue weighted by molar-refractivity contribution is -0.139. The van der Waals surface area contributed by atoms with E-state index in [0.717, 1.165) is 19.4 Å². The number of amides is 1. The summed E-state index contributed by atoms with van der Waals surface area (Å²) in [6.07, 6.45) is 2.06. The molecule has 1 fully saturated rings. The molecule has 1 amide bonds. The lowest BCUT2D eigenvalue weighted by atomic mass is 9.98. The van der Waals surface area contributed by atoms with Gasteiger partial charge in [0.05, 0.1) is 12.5 Å². The number of hydrogen-bond donors (Lipinski definition) is 0. The summed E-state index contributed by atoms with van der Waals surface area (Å²) in [6, 6.07) is 2.11. The van der Waals surface area contributed by atoms with Crippen LogP contribution in [0.3, 0.4) is 0 Å². The van der Waals surface area contributed by atoms with Crippen LogP contribution in [0.25, 0.3) is 0 Å². The van der Waals surface area contributed by atoms with E-state index in [1.54, 1.807) is 0 Å². The lowest BCUT2D eigenvalue weighted by Crippen LogP contribution is -2.41. The van der Waals surface area contributed by atoms with E-state index < -0.39 is 0 Å². The standard InChI is InChI=1S/C13H22N2O2/c1-11(2)10-15(7-3-6-14)13(16)12-4-8-17-9-5-12/h11-12H,3-5,7-10H2,1-2H3. The number of rotatable bonds is 5. The Morgan fingerprint density at radius 2 is 2.12 bits per heavy atom. The van der Waals surface area contributed by atoms with Crippen LogP contribution < -0.4 is 0 Å². The van der Waals surface area contributed by atoms with Crippen LogP contribution in [-0.4, -0.2) is 37.1 Å². The number of ether oxygens (including phenoxy) is 1. The summed E-state index contributed by atoms with van der Waals surface area (Å²) in [5, 5.41) is 8.63. The molecule has 0 unspecified atom stereocenters. The highest BCUT2D eigenvalue weighted by Gasteiger charge is 2.26. The van der Waals surface area contributed by atoms with E-state index in [9.17, 15) is 4.79 Å². The third kappa shape index (κ3) is 4.74. The van der Waals surface area contributed by atoms with Gasteiger partial charge in [0.1, 0.15) is 0 Å². The molecule has 0 radical (unpaired) electrons. The molecule has 0 atom stereocenters. The number of hydrogen-bond acceptors (Lipinski definition) is 3. The van der Waals surface area contributed by atoms with E-state index in [1.807, 2.05) is 4.90 Å². The van der Waals surface area contributed by atoms with Gasteiger partial charge in [-0.25, -0.2) is 0 Å². The van der Waals surface area contributed by atoms with Crippen molar-refractivity contribution in [1.82, 2.24) is 4.90 Å². The van der Waals surface area contributed by atoms with E-state index in [4.69, 9.17) is 10.00 Å². The van der Waals surface area contributed by atoms with Gasteiger partial charge in [0.2, 0.25) is 5.91 Å². The van der Waals surface area contributed by atoms with Gasteiger partial charge < -0.3 is 9.64 Å². The smallest absolute Gasteiger partial charge is 0.225 e. The second-order valence-electron chi connectivity index (χ2n) is 4.97. The molecule has 1 aliphatic rings. The first-order chi connectivity index (χ1) is 8.15. The molecule has 0 aromatic carbocycles. The van der Waals surface area contributed by atoms with Gasteiger partial charge >= 0.3 is 0 Å². The van der Waals surface area contributed by atoms with Gasteiger partial charge in [0, 0.05) is 32.2 Å². The van der Waals surface area contributed by atoms with Crippen molar-refractivity contribution in [2.75, 3.05) is 26.3 Å². The SMILES string of the molecule is CC(C)CN(CCC#N)C(=O)C1CCOCC1. The Labute approximate surface area is 104 Å². The van der Waals surface area contributed by atoms with E-state index in [-0.39, 0.29) is 11.8 Å². The van der Waals surface area contributed by atoms with Crippen molar-refractivity contribution in [3.05, 3.63) is 0 Å². The maximum atomic E-state index is 12.3. The van der Waals surface area contributed by atoms with Crippen molar-refractivity contribution in [3.63, 3.8) is 0 Å². The number of carbonyl (C=O) groups excluding carboxylic acids is 1. The quantitative estimate of drug-likeness (QED) is 0.734. The van der Waals surface area contributed by atoms with Gasteiger partial charge in [-0.3, -0.25) is 4.79 Å². The first-order valence-corrected chi connectivity index (χ1v) is 6.38. The minimum absolute atomic E-state index is 0.0983. The van der Waals surface area contributed by atoms with Crippen molar-refractivity contribution in [2.45, 2.75) is 33.1 Å². The Hall–Kier alpha value is -1.08. The molecule has 0 aliphatic carbocycles. The monoisotopic (exact) mass is 238 g/mol. The Morgan fingerprint density at radius 3 is 2.65 bits per heavy atom. The third-order valence-electron chi connectivity index (χ3n) is 2.96. The predicted molar refractivity (Wildman–Crippen MR) is 65.2 cm³/mol. The minimum atomic E-state index is 0.0983. The average Bonchev–Trinajstić information content (AvgIpc) is 2.34. The van der Waals surface area contributed by atoms with Crippen LogP contribution >= 0.6 is 0 Å². The van der Waals surface area contributed by atoms with Crippen LogP contribution in [0.1, 0.15) is 33.1 Å². The van der Waals surface area contributed by atoms with Gasteiger partial charge in [0.15, 0.2) is 0 Å². The maximum absolute atomic E-state index is 12.3. The fourth-order valence-electron chi connectivity index (χ4n) is 2.12. The molecular formula is C13H22N2O2. The third-order valence-corrected chi connectivity index (χ3v) is 2.96. The van der Waals surface area contributed by atoms with Gasteiger partial charge in [-0.05, 0) is 18.8 Å². The summed E-state index contributed by atoms with van der Waals surface area (Å²) < 4.78 is 5.27. The largest absolute Gasteiger partial charge is 0.381 e. The summed E-state index contributed by atoms with van der Waals surface area (Å²) in [5.74, 6) is 0.746. The zero-order valence-corrected chi connectivity index (χ0v) is 10.8. The van der Waals surface area contributed by atoms with Gasteiger partial charge in [-0.15, -0.1) is 0 Å².